The van der Waals surface area contributed by atoms with Crippen LogP contribution in [0.2, 0.25) is 0 Å². The quantitative estimate of drug-likeness (QED) is 0.613. The Balaban J connectivity index is 1.37. The van der Waals surface area contributed by atoms with Crippen LogP contribution in [0.5, 0.6) is 5.75 Å². The van der Waals surface area contributed by atoms with E-state index in [2.05, 4.69) is 4.72 Å². The maximum absolute atomic E-state index is 13.3. The van der Waals surface area contributed by atoms with Crippen LogP contribution < -0.4 is 9.46 Å². The summed E-state index contributed by atoms with van der Waals surface area (Å²) in [5, 5.41) is 0. The molecule has 0 spiro atoms. The van der Waals surface area contributed by atoms with E-state index in [0.29, 0.717) is 23.5 Å². The van der Waals surface area contributed by atoms with Gasteiger partial charge in [0, 0.05) is 5.41 Å². The zero-order chi connectivity index (χ0) is 22.4. The molecule has 0 aromatic heterocycles. The maximum Gasteiger partial charge on any atom is 0.324 e. The lowest BCUT2D eigenvalue weighted by molar-refractivity contribution is -0.165. The van der Waals surface area contributed by atoms with Crippen molar-refractivity contribution in [2.75, 3.05) is 7.11 Å². The summed E-state index contributed by atoms with van der Waals surface area (Å²) in [5.74, 6) is 1.64. The number of carbonyl (C=O) groups excluding carboxylic acids is 2. The Morgan fingerprint density at radius 2 is 1.52 bits per heavy atom. The first-order valence-corrected chi connectivity index (χ1v) is 12.5. The van der Waals surface area contributed by atoms with E-state index in [1.807, 2.05) is 0 Å². The number of Topliss-reactive ketones (excluding diaryl/α,β-unsaturated/α-hetero) is 1. The van der Waals surface area contributed by atoms with Gasteiger partial charge in [-0.3, -0.25) is 9.59 Å². The molecule has 4 saturated carbocycles. The summed E-state index contributed by atoms with van der Waals surface area (Å²) in [7, 11) is -2.42. The molecule has 4 bridgehead atoms. The second-order valence-corrected chi connectivity index (χ2v) is 11.4. The Hall–Kier alpha value is -1.93. The molecule has 1 unspecified atom stereocenters. The van der Waals surface area contributed by atoms with Gasteiger partial charge in [0.05, 0.1) is 12.0 Å². The summed E-state index contributed by atoms with van der Waals surface area (Å²) in [4.78, 5) is 25.9. The van der Waals surface area contributed by atoms with Crippen molar-refractivity contribution in [2.45, 2.75) is 69.4 Å². The van der Waals surface area contributed by atoms with E-state index in [9.17, 15) is 18.0 Å². The predicted molar refractivity (Wildman–Crippen MR) is 114 cm³/mol. The molecule has 0 saturated heterocycles. The summed E-state index contributed by atoms with van der Waals surface area (Å²) in [6.07, 6.45) is 5.51. The minimum Gasteiger partial charge on any atom is -0.497 e. The molecule has 0 aliphatic heterocycles. The molecule has 0 amide bonds. The summed E-state index contributed by atoms with van der Waals surface area (Å²) < 4.78 is 38.0. The van der Waals surface area contributed by atoms with E-state index in [-0.39, 0.29) is 16.1 Å². The Morgan fingerprint density at radius 3 is 2.00 bits per heavy atom. The highest BCUT2D eigenvalue weighted by Gasteiger charge is 2.55. The van der Waals surface area contributed by atoms with E-state index in [1.165, 1.54) is 57.6 Å². The molecule has 4 aliphatic carbocycles. The van der Waals surface area contributed by atoms with Crippen LogP contribution in [0, 0.1) is 23.2 Å². The Morgan fingerprint density at radius 1 is 1.00 bits per heavy atom. The zero-order valence-electron chi connectivity index (χ0n) is 18.3. The molecular formula is C23H31NO6S. The number of ether oxygens (including phenoxy) is 2. The van der Waals surface area contributed by atoms with Crippen molar-refractivity contribution in [3.63, 3.8) is 0 Å². The van der Waals surface area contributed by atoms with Gasteiger partial charge in [0.1, 0.15) is 11.8 Å². The number of esters is 1. The second kappa shape index (κ2) is 8.20. The number of hydrogen-bond acceptors (Lipinski definition) is 6. The summed E-state index contributed by atoms with van der Waals surface area (Å²) >= 11 is 0. The van der Waals surface area contributed by atoms with Crippen LogP contribution in [-0.2, 0) is 24.3 Å². The monoisotopic (exact) mass is 449 g/mol. The topological polar surface area (TPSA) is 98.8 Å². The van der Waals surface area contributed by atoms with E-state index in [0.717, 1.165) is 19.3 Å². The van der Waals surface area contributed by atoms with Crippen LogP contribution in [0.25, 0.3) is 0 Å². The standard InChI is InChI=1S/C23H31NO6S/c1-14(24-31(27,28)20-6-4-19(29-3)5-7-20)22(26)30-15(2)21(25)23-11-16-8-17(12-23)10-18(9-16)13-23/h4-7,14-18,24H,8-13H2,1-3H3/t14-,15?,16?,17?,18?,23?/m0/s1. The highest BCUT2D eigenvalue weighted by atomic mass is 32.2. The van der Waals surface area contributed by atoms with Crippen molar-refractivity contribution in [1.82, 2.24) is 4.72 Å². The van der Waals surface area contributed by atoms with Crippen molar-refractivity contribution in [2.24, 2.45) is 23.2 Å². The number of rotatable bonds is 8. The lowest BCUT2D eigenvalue weighted by Crippen LogP contribution is -2.53. The van der Waals surface area contributed by atoms with Crippen molar-refractivity contribution in [1.29, 1.82) is 0 Å². The first-order chi connectivity index (χ1) is 14.6. The number of ketones is 1. The van der Waals surface area contributed by atoms with Crippen LogP contribution in [0.15, 0.2) is 29.2 Å². The van der Waals surface area contributed by atoms with E-state index in [1.54, 1.807) is 6.92 Å². The maximum atomic E-state index is 13.3. The fourth-order valence-electron chi connectivity index (χ4n) is 6.28. The molecule has 0 radical (unpaired) electrons. The highest BCUT2D eigenvalue weighted by molar-refractivity contribution is 7.89. The normalized spacial score (nSPS) is 31.1. The van der Waals surface area contributed by atoms with E-state index < -0.39 is 28.1 Å². The van der Waals surface area contributed by atoms with Gasteiger partial charge < -0.3 is 9.47 Å². The lowest BCUT2D eigenvalue weighted by atomic mass is 9.48. The molecule has 7 nitrogen and oxygen atoms in total. The number of benzene rings is 1. The SMILES string of the molecule is COc1ccc(S(=O)(=O)N[C@@H](C)C(=O)OC(C)C(=O)C23CC4CC(CC(C4)C2)C3)cc1. The average Bonchev–Trinajstić information content (AvgIpc) is 2.71. The number of hydrogen-bond donors (Lipinski definition) is 1. The largest absolute Gasteiger partial charge is 0.497 e. The van der Waals surface area contributed by atoms with Gasteiger partial charge in [0.25, 0.3) is 0 Å². The number of carbonyl (C=O) groups is 2. The Bertz CT molecular complexity index is 919. The molecule has 1 N–H and O–H groups in total. The van der Waals surface area contributed by atoms with Crippen LogP contribution in [0.4, 0.5) is 0 Å². The first-order valence-electron chi connectivity index (χ1n) is 11.0. The van der Waals surface area contributed by atoms with Crippen molar-refractivity contribution in [3.05, 3.63) is 24.3 Å². The molecule has 0 heterocycles. The van der Waals surface area contributed by atoms with Crippen LogP contribution in [-0.4, -0.2) is 39.4 Å². The molecule has 1 aromatic rings. The number of methoxy groups -OCH3 is 1. The minimum atomic E-state index is -3.91. The van der Waals surface area contributed by atoms with Crippen LogP contribution in [0.1, 0.15) is 52.4 Å². The van der Waals surface area contributed by atoms with Gasteiger partial charge >= 0.3 is 5.97 Å². The molecule has 31 heavy (non-hydrogen) atoms. The van der Waals surface area contributed by atoms with Crippen LogP contribution >= 0.6 is 0 Å². The number of nitrogens with one attached hydrogen (secondary N) is 1. The zero-order valence-corrected chi connectivity index (χ0v) is 19.1. The van der Waals surface area contributed by atoms with E-state index >= 15 is 0 Å². The molecule has 1 aromatic carbocycles. The fraction of sp³-hybridized carbons (Fsp3) is 0.652. The summed E-state index contributed by atoms with van der Waals surface area (Å²) in [6.45, 7) is 3.04. The van der Waals surface area contributed by atoms with Gasteiger partial charge in [0.15, 0.2) is 11.9 Å². The molecule has 5 rings (SSSR count). The molecule has 170 valence electrons. The van der Waals surface area contributed by atoms with Gasteiger partial charge in [-0.05, 0) is 94.4 Å². The van der Waals surface area contributed by atoms with Crippen LogP contribution in [0.3, 0.4) is 0 Å². The summed E-state index contributed by atoms with van der Waals surface area (Å²) in [6, 6.07) is 4.75. The third kappa shape index (κ3) is 4.37. The predicted octanol–water partition coefficient (Wildman–Crippen LogP) is 3.08. The third-order valence-electron chi connectivity index (χ3n) is 7.28. The minimum absolute atomic E-state index is 0.00478. The van der Waals surface area contributed by atoms with E-state index in [4.69, 9.17) is 9.47 Å². The third-order valence-corrected chi connectivity index (χ3v) is 8.83. The van der Waals surface area contributed by atoms with Gasteiger partial charge in [-0.15, -0.1) is 0 Å². The van der Waals surface area contributed by atoms with Gasteiger partial charge in [-0.25, -0.2) is 8.42 Å². The second-order valence-electron chi connectivity index (χ2n) is 9.66. The lowest BCUT2D eigenvalue weighted by Gasteiger charge is -2.56. The molecule has 4 aliphatic rings. The highest BCUT2D eigenvalue weighted by Crippen LogP contribution is 2.60. The van der Waals surface area contributed by atoms with Crippen molar-refractivity contribution in [3.8, 4) is 5.75 Å². The Kier molecular flexibility index (Phi) is 5.89. The average molecular weight is 450 g/mol. The van der Waals surface area contributed by atoms with Crippen molar-refractivity contribution >= 4 is 21.8 Å². The summed E-state index contributed by atoms with van der Waals surface area (Å²) in [5.41, 5.74) is -0.361. The molecule has 4 fully saturated rings. The van der Waals surface area contributed by atoms with Crippen molar-refractivity contribution < 1.29 is 27.5 Å². The smallest absolute Gasteiger partial charge is 0.324 e. The number of sulfonamides is 1. The van der Waals surface area contributed by atoms with Gasteiger partial charge in [-0.1, -0.05) is 0 Å². The fourth-order valence-corrected chi connectivity index (χ4v) is 7.47. The molecule has 2 atom stereocenters. The first kappa shape index (κ1) is 22.3. The Labute approximate surface area is 183 Å². The molecule has 8 heteroatoms. The van der Waals surface area contributed by atoms with Gasteiger partial charge in [0.2, 0.25) is 10.0 Å². The van der Waals surface area contributed by atoms with Gasteiger partial charge in [-0.2, -0.15) is 4.72 Å². The molecular weight excluding hydrogens is 418 g/mol.